The molecule has 3 aliphatic heterocycles. The number of carbonyl (C=O) groups is 4. The molecule has 1 aromatic heterocycles. The predicted molar refractivity (Wildman–Crippen MR) is 207 cm³/mol. The zero-order valence-corrected chi connectivity index (χ0v) is 34.2. The zero-order chi connectivity index (χ0) is 42.2. The number of alkyl carbamates (subject to hydrolysis) is 1. The Morgan fingerprint density at radius 3 is 2.49 bits per heavy atom. The molecule has 4 fully saturated rings. The maximum absolute atomic E-state index is 14.8. The van der Waals surface area contributed by atoms with E-state index >= 15 is 0 Å². The first-order chi connectivity index (χ1) is 27.7. The van der Waals surface area contributed by atoms with Gasteiger partial charge in [0.2, 0.25) is 21.8 Å². The molecular weight excluding hydrogens is 796 g/mol. The van der Waals surface area contributed by atoms with Crippen molar-refractivity contribution in [3.05, 3.63) is 41.6 Å². The van der Waals surface area contributed by atoms with E-state index in [1.807, 2.05) is 19.1 Å². The fourth-order valence-electron chi connectivity index (χ4n) is 9.04. The van der Waals surface area contributed by atoms with Crippen molar-refractivity contribution >= 4 is 44.7 Å². The molecule has 5 atom stereocenters. The van der Waals surface area contributed by atoms with Crippen molar-refractivity contribution in [1.82, 2.24) is 25.2 Å². The number of carbonyl (C=O) groups excluding carboxylic acids is 4. The first-order valence-corrected chi connectivity index (χ1v) is 22.0. The van der Waals surface area contributed by atoms with Crippen LogP contribution < -0.4 is 24.8 Å². The molecule has 0 bridgehead atoms. The molecule has 4 amide bonds. The van der Waals surface area contributed by atoms with Crippen molar-refractivity contribution in [2.75, 3.05) is 6.54 Å². The number of aromatic nitrogens is 1. The molecule has 3 aliphatic carbocycles. The number of aryl methyl sites for hydroxylation is 2. The number of nitrogens with one attached hydrogen (secondary N) is 3. The Kier molecular flexibility index (Phi) is 10.1. The SMILES string of the molecule is Cc1nc2ccc(OC(F)(F)F)cc2c2c1O[C@]1(CC2)C[C@H]2C(=O)N[C@]3(C(=O)NS(=O)(=O)C4(C)CC4)C[C@H]3/C=C\CCCCC[C@H](NC(=O)OC3(C)CCC3)C(=O)N2C1. The summed E-state index contributed by atoms with van der Waals surface area (Å²) < 4.78 is 83.8. The first-order valence-electron chi connectivity index (χ1n) is 20.5. The van der Waals surface area contributed by atoms with Gasteiger partial charge in [0.05, 0.1) is 22.5 Å². The second-order valence-electron chi connectivity index (χ2n) is 17.8. The summed E-state index contributed by atoms with van der Waals surface area (Å²) in [5, 5.41) is 6.07. The average molecular weight is 846 g/mol. The molecule has 6 aliphatic rings. The summed E-state index contributed by atoms with van der Waals surface area (Å²) in [4.78, 5) is 62.7. The number of hydrogen-bond donors (Lipinski definition) is 3. The number of amides is 4. The van der Waals surface area contributed by atoms with Gasteiger partial charge in [0.1, 0.15) is 40.3 Å². The summed E-state index contributed by atoms with van der Waals surface area (Å²) in [5.74, 6) is -2.68. The standard InChI is InChI=1S/C41H50F3N5O9S/c1-24-32-27(28-20-26(56-41(42,43)44)12-13-29(28)45-24)14-17-39(57-32)22-31-33(50)47-40(35(52)48-59(54,55)38(3)18-19-38)21-25(40)10-7-5-4-6-8-11-30(34(51)49(31)23-39)46-36(53)58-37(2)15-9-16-37/h7,10,12-13,20,25,30-31H,4-6,8-9,11,14-19,21-23H2,1-3H3,(H,46,53)(H,47,50)(H,48,52)/b10-7-/t25-,30+,31+,39-,40-/m1/s1. The van der Waals surface area contributed by atoms with Crippen LogP contribution in [-0.2, 0) is 35.6 Å². The van der Waals surface area contributed by atoms with Crippen LogP contribution in [0.25, 0.3) is 10.9 Å². The minimum atomic E-state index is -4.91. The normalized spacial score (nSPS) is 30.5. The Labute approximate surface area is 340 Å². The number of sulfonamides is 1. The summed E-state index contributed by atoms with van der Waals surface area (Å²) in [6.45, 7) is 5.00. The minimum absolute atomic E-state index is 0.0392. The van der Waals surface area contributed by atoms with Crippen molar-refractivity contribution in [1.29, 1.82) is 0 Å². The molecule has 1 saturated heterocycles. The van der Waals surface area contributed by atoms with E-state index < -0.39 is 85.4 Å². The molecule has 59 heavy (non-hydrogen) atoms. The van der Waals surface area contributed by atoms with E-state index in [1.165, 1.54) is 23.1 Å². The van der Waals surface area contributed by atoms with E-state index in [4.69, 9.17) is 9.47 Å². The third-order valence-electron chi connectivity index (χ3n) is 13.2. The van der Waals surface area contributed by atoms with Crippen LogP contribution in [0, 0.1) is 12.8 Å². The molecule has 0 radical (unpaired) electrons. The van der Waals surface area contributed by atoms with E-state index in [-0.39, 0.29) is 32.2 Å². The smallest absolute Gasteiger partial charge is 0.483 e. The topological polar surface area (TPSA) is 182 Å². The van der Waals surface area contributed by atoms with E-state index in [0.717, 1.165) is 19.3 Å². The van der Waals surface area contributed by atoms with Gasteiger partial charge >= 0.3 is 12.5 Å². The van der Waals surface area contributed by atoms with Gasteiger partial charge in [-0.3, -0.25) is 19.1 Å². The van der Waals surface area contributed by atoms with Gasteiger partial charge in [-0.1, -0.05) is 25.0 Å². The van der Waals surface area contributed by atoms with Crippen LogP contribution in [0.3, 0.4) is 0 Å². The van der Waals surface area contributed by atoms with Crippen molar-refractivity contribution in [3.63, 3.8) is 0 Å². The quantitative estimate of drug-likeness (QED) is 0.313. The zero-order valence-electron chi connectivity index (χ0n) is 33.3. The maximum atomic E-state index is 14.8. The fraction of sp³-hybridized carbons (Fsp3) is 0.634. The number of pyridine rings is 1. The molecule has 8 rings (SSSR count). The molecule has 1 aromatic carbocycles. The lowest BCUT2D eigenvalue weighted by Gasteiger charge is -2.38. The van der Waals surface area contributed by atoms with Crippen LogP contribution in [0.5, 0.6) is 11.5 Å². The summed E-state index contributed by atoms with van der Waals surface area (Å²) in [6, 6.07) is 1.61. The van der Waals surface area contributed by atoms with Crippen molar-refractivity contribution in [2.45, 2.75) is 151 Å². The highest BCUT2D eigenvalue weighted by atomic mass is 32.2. The molecular formula is C41H50F3N5O9S. The number of alkyl halides is 3. The van der Waals surface area contributed by atoms with Gasteiger partial charge < -0.3 is 29.7 Å². The van der Waals surface area contributed by atoms with Crippen LogP contribution in [0.2, 0.25) is 0 Å². The van der Waals surface area contributed by atoms with E-state index in [0.29, 0.717) is 72.9 Å². The van der Waals surface area contributed by atoms with Crippen molar-refractivity contribution in [3.8, 4) is 11.5 Å². The number of halogens is 3. The largest absolute Gasteiger partial charge is 0.573 e. The highest BCUT2D eigenvalue weighted by Crippen LogP contribution is 2.49. The maximum Gasteiger partial charge on any atom is 0.573 e. The van der Waals surface area contributed by atoms with E-state index in [2.05, 4.69) is 25.1 Å². The summed E-state index contributed by atoms with van der Waals surface area (Å²) >= 11 is 0. The van der Waals surface area contributed by atoms with Gasteiger partial charge in [-0.15, -0.1) is 13.2 Å². The average Bonchev–Trinajstić information content (AvgIpc) is 4.04. The Morgan fingerprint density at radius 1 is 1.03 bits per heavy atom. The van der Waals surface area contributed by atoms with Gasteiger partial charge in [-0.05, 0) is 110 Å². The lowest BCUT2D eigenvalue weighted by molar-refractivity contribution is -0.274. The van der Waals surface area contributed by atoms with Crippen molar-refractivity contribution in [2.24, 2.45) is 5.92 Å². The molecule has 14 nitrogen and oxygen atoms in total. The minimum Gasteiger partial charge on any atom is -0.483 e. The number of fused-ring (bicyclic) bond motifs is 5. The van der Waals surface area contributed by atoms with E-state index in [1.54, 1.807) is 13.8 Å². The number of hydrogen-bond acceptors (Lipinski definition) is 10. The second kappa shape index (κ2) is 14.5. The lowest BCUT2D eigenvalue weighted by Crippen LogP contribution is -2.59. The lowest BCUT2D eigenvalue weighted by atomic mass is 9.82. The summed E-state index contributed by atoms with van der Waals surface area (Å²) in [6.07, 6.45) is 4.82. The van der Waals surface area contributed by atoms with Crippen molar-refractivity contribution < 1.29 is 55.0 Å². The number of benzene rings is 1. The van der Waals surface area contributed by atoms with Crippen LogP contribution in [0.1, 0.15) is 109 Å². The number of nitrogens with zero attached hydrogens (tertiary/aromatic N) is 2. The number of ether oxygens (including phenoxy) is 3. The number of allylic oxidation sites excluding steroid dienone is 1. The van der Waals surface area contributed by atoms with E-state index in [9.17, 15) is 40.8 Å². The monoisotopic (exact) mass is 845 g/mol. The Balaban J connectivity index is 1.13. The van der Waals surface area contributed by atoms with Gasteiger partial charge in [-0.25, -0.2) is 18.2 Å². The van der Waals surface area contributed by atoms with Gasteiger partial charge in [-0.2, -0.15) is 0 Å². The van der Waals surface area contributed by atoms with Crippen LogP contribution >= 0.6 is 0 Å². The molecule has 4 heterocycles. The van der Waals surface area contributed by atoms with Crippen LogP contribution in [0.4, 0.5) is 18.0 Å². The Morgan fingerprint density at radius 2 is 1.80 bits per heavy atom. The molecule has 2 aromatic rings. The third kappa shape index (κ3) is 8.04. The highest BCUT2D eigenvalue weighted by Gasteiger charge is 2.64. The molecule has 3 N–H and O–H groups in total. The summed E-state index contributed by atoms with van der Waals surface area (Å²) in [5.41, 5.74) is -1.91. The molecule has 18 heteroatoms. The van der Waals surface area contributed by atoms with Crippen LogP contribution in [-0.4, -0.2) is 88.6 Å². The predicted octanol–water partition coefficient (Wildman–Crippen LogP) is 5.54. The molecule has 320 valence electrons. The van der Waals surface area contributed by atoms with Crippen LogP contribution in [0.15, 0.2) is 30.4 Å². The third-order valence-corrected chi connectivity index (χ3v) is 15.4. The first kappa shape index (κ1) is 41.1. The van der Waals surface area contributed by atoms with Gasteiger partial charge in [0, 0.05) is 23.3 Å². The second-order valence-corrected chi connectivity index (χ2v) is 20.0. The fourth-order valence-corrected chi connectivity index (χ4v) is 10.4. The number of rotatable bonds is 6. The molecule has 3 saturated carbocycles. The van der Waals surface area contributed by atoms with Gasteiger partial charge in [0.25, 0.3) is 5.91 Å². The summed E-state index contributed by atoms with van der Waals surface area (Å²) in [7, 11) is -4.05. The Hall–Kier alpha value is -4.61. The Bertz CT molecular complexity index is 2230. The molecule has 1 spiro atoms. The molecule has 0 unspecified atom stereocenters. The van der Waals surface area contributed by atoms with Gasteiger partial charge in [0.15, 0.2) is 0 Å². The highest BCUT2D eigenvalue weighted by molar-refractivity contribution is 7.91.